The van der Waals surface area contributed by atoms with Gasteiger partial charge in [-0.1, -0.05) is 11.6 Å². The van der Waals surface area contributed by atoms with Gasteiger partial charge in [-0.2, -0.15) is 4.31 Å². The van der Waals surface area contributed by atoms with Gasteiger partial charge in [0.1, 0.15) is 11.6 Å². The van der Waals surface area contributed by atoms with E-state index in [1.165, 1.54) is 22.5 Å². The second-order valence-corrected chi connectivity index (χ2v) is 10.1. The third-order valence-electron chi connectivity index (χ3n) is 5.52. The summed E-state index contributed by atoms with van der Waals surface area (Å²) in [5.74, 6) is 1.29. The Morgan fingerprint density at radius 3 is 2.70 bits per heavy atom. The summed E-state index contributed by atoms with van der Waals surface area (Å²) in [6.07, 6.45) is 4.07. The number of nitrogens with zero attached hydrogens (tertiary/aromatic N) is 5. The number of morpholine rings is 1. The van der Waals surface area contributed by atoms with Crippen molar-refractivity contribution in [1.29, 1.82) is 0 Å². The van der Waals surface area contributed by atoms with Crippen molar-refractivity contribution in [3.05, 3.63) is 59.1 Å². The van der Waals surface area contributed by atoms with Crippen molar-refractivity contribution < 1.29 is 17.9 Å². The van der Waals surface area contributed by atoms with Crippen LogP contribution in [0, 0.1) is 0 Å². The first-order valence-electron chi connectivity index (χ1n) is 10.5. The average Bonchev–Trinajstić information content (AvgIpc) is 3.20. The molecule has 1 aromatic carbocycles. The number of hydrogen-bond acceptors (Lipinski definition) is 7. The van der Waals surface area contributed by atoms with Crippen molar-refractivity contribution in [3.63, 3.8) is 0 Å². The number of hydrogen-bond donors (Lipinski definition) is 0. The number of rotatable bonds is 8. The van der Waals surface area contributed by atoms with Crippen molar-refractivity contribution in [1.82, 2.24) is 24.1 Å². The molecule has 0 atom stereocenters. The highest BCUT2D eigenvalue weighted by molar-refractivity contribution is 7.89. The largest absolute Gasteiger partial charge is 0.379 e. The standard InChI is InChI=1S/C22H24ClN5O4S/c1-27-21(25-26-22(27)16-3-2-8-24-15-16)7-4-18(29)13-17-14-19(5-6-20(17)23)33(30,31)28-9-11-32-12-10-28/h2-3,5-6,8,14-15H,4,7,9-13H2,1H3. The lowest BCUT2D eigenvalue weighted by Gasteiger charge is -2.26. The van der Waals surface area contributed by atoms with Gasteiger partial charge >= 0.3 is 0 Å². The first-order chi connectivity index (χ1) is 15.9. The number of benzene rings is 1. The van der Waals surface area contributed by atoms with Crippen molar-refractivity contribution in [2.24, 2.45) is 7.05 Å². The molecule has 1 fully saturated rings. The van der Waals surface area contributed by atoms with Gasteiger partial charge in [0.05, 0.1) is 18.1 Å². The van der Waals surface area contributed by atoms with E-state index in [-0.39, 0.29) is 23.5 Å². The molecular weight excluding hydrogens is 466 g/mol. The molecule has 0 aliphatic carbocycles. The van der Waals surface area contributed by atoms with Gasteiger partial charge in [-0.05, 0) is 35.9 Å². The fraction of sp³-hybridized carbons (Fsp3) is 0.364. The number of carbonyl (C=O) groups excluding carboxylic acids is 1. The number of pyridine rings is 1. The quantitative estimate of drug-likeness (QED) is 0.477. The smallest absolute Gasteiger partial charge is 0.243 e. The molecule has 2 aromatic heterocycles. The van der Waals surface area contributed by atoms with Crippen molar-refractivity contribution in [2.45, 2.75) is 24.2 Å². The highest BCUT2D eigenvalue weighted by Crippen LogP contribution is 2.25. The van der Waals surface area contributed by atoms with Gasteiger partial charge in [-0.25, -0.2) is 8.42 Å². The number of ether oxygens (including phenoxy) is 1. The van der Waals surface area contributed by atoms with Crippen LogP contribution in [0.1, 0.15) is 17.8 Å². The monoisotopic (exact) mass is 489 g/mol. The summed E-state index contributed by atoms with van der Waals surface area (Å²) < 4.78 is 34.3. The molecule has 3 heterocycles. The fourth-order valence-electron chi connectivity index (χ4n) is 3.66. The molecule has 1 aliphatic rings. The van der Waals surface area contributed by atoms with E-state index >= 15 is 0 Å². The Balaban J connectivity index is 1.43. The van der Waals surface area contributed by atoms with Gasteiger partial charge < -0.3 is 9.30 Å². The molecule has 4 rings (SSSR count). The third kappa shape index (κ3) is 5.30. The van der Waals surface area contributed by atoms with E-state index in [0.29, 0.717) is 55.0 Å². The Hall–Kier alpha value is -2.66. The maximum atomic E-state index is 12.9. The number of ketones is 1. The van der Waals surface area contributed by atoms with Gasteiger partial charge in [-0.3, -0.25) is 9.78 Å². The van der Waals surface area contributed by atoms with Crippen LogP contribution in [-0.2, 0) is 39.4 Å². The summed E-state index contributed by atoms with van der Waals surface area (Å²) in [6, 6.07) is 8.21. The van der Waals surface area contributed by atoms with E-state index < -0.39 is 10.0 Å². The van der Waals surface area contributed by atoms with Crippen molar-refractivity contribution in [2.75, 3.05) is 26.3 Å². The predicted molar refractivity (Wildman–Crippen MR) is 122 cm³/mol. The minimum Gasteiger partial charge on any atom is -0.379 e. The molecule has 1 aliphatic heterocycles. The fourth-order valence-corrected chi connectivity index (χ4v) is 5.30. The molecule has 0 bridgehead atoms. The van der Waals surface area contributed by atoms with E-state index in [1.807, 2.05) is 23.7 Å². The minimum atomic E-state index is -3.66. The predicted octanol–water partition coefficient (Wildman–Crippen LogP) is 2.30. The summed E-state index contributed by atoms with van der Waals surface area (Å²) in [5.41, 5.74) is 1.33. The average molecular weight is 490 g/mol. The Kier molecular flexibility index (Phi) is 7.18. The second kappa shape index (κ2) is 10.1. The zero-order valence-electron chi connectivity index (χ0n) is 18.1. The molecule has 9 nitrogen and oxygen atoms in total. The van der Waals surface area contributed by atoms with Crippen molar-refractivity contribution >= 4 is 27.4 Å². The van der Waals surface area contributed by atoms with Gasteiger partial charge in [0.15, 0.2) is 5.82 Å². The molecule has 0 N–H and O–H groups in total. The second-order valence-electron chi connectivity index (χ2n) is 7.73. The maximum Gasteiger partial charge on any atom is 0.243 e. The molecule has 3 aromatic rings. The molecule has 0 radical (unpaired) electrons. The zero-order valence-corrected chi connectivity index (χ0v) is 19.7. The first kappa shape index (κ1) is 23.5. The van der Waals surface area contributed by atoms with Gasteiger partial charge in [-0.15, -0.1) is 10.2 Å². The highest BCUT2D eigenvalue weighted by atomic mass is 35.5. The summed E-state index contributed by atoms with van der Waals surface area (Å²) in [6.45, 7) is 1.33. The summed E-state index contributed by atoms with van der Waals surface area (Å²) >= 11 is 6.28. The van der Waals surface area contributed by atoms with Crippen LogP contribution in [0.25, 0.3) is 11.4 Å². The lowest BCUT2D eigenvalue weighted by molar-refractivity contribution is -0.118. The molecule has 0 amide bonds. The van der Waals surface area contributed by atoms with Gasteiger partial charge in [0.25, 0.3) is 0 Å². The van der Waals surface area contributed by atoms with E-state index in [2.05, 4.69) is 15.2 Å². The lowest BCUT2D eigenvalue weighted by atomic mass is 10.1. The Labute approximate surface area is 197 Å². The van der Waals surface area contributed by atoms with Crippen LogP contribution in [-0.4, -0.2) is 64.6 Å². The van der Waals surface area contributed by atoms with Crippen LogP contribution < -0.4 is 0 Å². The van der Waals surface area contributed by atoms with Crippen LogP contribution in [0.2, 0.25) is 5.02 Å². The minimum absolute atomic E-state index is 0.0403. The number of aryl methyl sites for hydroxylation is 1. The SMILES string of the molecule is Cn1c(CCC(=O)Cc2cc(S(=O)(=O)N3CCOCC3)ccc2Cl)nnc1-c1cccnc1. The van der Waals surface area contributed by atoms with Gasteiger partial charge in [0.2, 0.25) is 10.0 Å². The summed E-state index contributed by atoms with van der Waals surface area (Å²) in [5, 5.41) is 8.77. The summed E-state index contributed by atoms with van der Waals surface area (Å²) in [7, 11) is -1.82. The Morgan fingerprint density at radius 1 is 1.18 bits per heavy atom. The molecule has 11 heteroatoms. The molecular formula is C22H24ClN5O4S. The van der Waals surface area contributed by atoms with Crippen molar-refractivity contribution in [3.8, 4) is 11.4 Å². The molecule has 0 saturated carbocycles. The van der Waals surface area contributed by atoms with Crippen LogP contribution in [0.5, 0.6) is 0 Å². The van der Waals surface area contributed by atoms with E-state index in [0.717, 1.165) is 5.56 Å². The normalized spacial score (nSPS) is 15.0. The molecule has 33 heavy (non-hydrogen) atoms. The van der Waals surface area contributed by atoms with Crippen LogP contribution in [0.15, 0.2) is 47.6 Å². The number of carbonyl (C=O) groups is 1. The molecule has 174 valence electrons. The number of aromatic nitrogens is 4. The van der Waals surface area contributed by atoms with Gasteiger partial charge in [0, 0.05) is 62.4 Å². The maximum absolute atomic E-state index is 12.9. The van der Waals surface area contributed by atoms with E-state index in [4.69, 9.17) is 16.3 Å². The first-order valence-corrected chi connectivity index (χ1v) is 12.3. The Bertz CT molecular complexity index is 1240. The van der Waals surface area contributed by atoms with Crippen LogP contribution >= 0.6 is 11.6 Å². The number of sulfonamides is 1. The van der Waals surface area contributed by atoms with E-state index in [1.54, 1.807) is 12.4 Å². The van der Waals surface area contributed by atoms with E-state index in [9.17, 15) is 13.2 Å². The molecule has 1 saturated heterocycles. The van der Waals surface area contributed by atoms with Crippen LogP contribution in [0.3, 0.4) is 0 Å². The zero-order chi connectivity index (χ0) is 23.4. The third-order valence-corrected chi connectivity index (χ3v) is 7.79. The number of Topliss-reactive ketones (excluding diaryl/α,β-unsaturated/α-hetero) is 1. The topological polar surface area (TPSA) is 107 Å². The molecule has 0 unspecified atom stereocenters. The lowest BCUT2D eigenvalue weighted by Crippen LogP contribution is -2.40. The number of halogens is 1. The summed E-state index contributed by atoms with van der Waals surface area (Å²) in [4.78, 5) is 16.9. The Morgan fingerprint density at radius 2 is 1.97 bits per heavy atom. The molecule has 0 spiro atoms. The highest BCUT2D eigenvalue weighted by Gasteiger charge is 2.27. The van der Waals surface area contributed by atoms with Crippen LogP contribution in [0.4, 0.5) is 0 Å².